The molecule has 39 heavy (non-hydrogen) atoms. The number of nitrogens with one attached hydrogen (secondary N) is 4. The van der Waals surface area contributed by atoms with E-state index >= 15 is 0 Å². The number of aromatic nitrogens is 5. The van der Waals surface area contributed by atoms with Crippen LogP contribution in [0.3, 0.4) is 0 Å². The van der Waals surface area contributed by atoms with Gasteiger partial charge in [0, 0.05) is 43.0 Å². The van der Waals surface area contributed by atoms with Crippen molar-refractivity contribution in [1.82, 2.24) is 36.0 Å². The summed E-state index contributed by atoms with van der Waals surface area (Å²) in [4.78, 5) is 22.1. The van der Waals surface area contributed by atoms with Gasteiger partial charge >= 0.3 is 0 Å². The second-order valence-electron chi connectivity index (χ2n) is 10.3. The summed E-state index contributed by atoms with van der Waals surface area (Å²) >= 11 is 0. The molecular formula is C30H40N8O. The Kier molecular flexibility index (Phi) is 9.59. The lowest BCUT2D eigenvalue weighted by atomic mass is 9.96. The van der Waals surface area contributed by atoms with E-state index in [1.807, 2.05) is 6.20 Å². The molecule has 4 rings (SSSR count). The van der Waals surface area contributed by atoms with Crippen molar-refractivity contribution >= 4 is 28.6 Å². The maximum Gasteiger partial charge on any atom is 0.251 e. The first-order chi connectivity index (χ1) is 18.9. The van der Waals surface area contributed by atoms with Crippen molar-refractivity contribution in [3.8, 4) is 0 Å². The molecule has 1 amide bonds. The van der Waals surface area contributed by atoms with Crippen LogP contribution in [0, 0.1) is 19.8 Å². The van der Waals surface area contributed by atoms with Gasteiger partial charge in [0.15, 0.2) is 0 Å². The topological polar surface area (TPSA) is 121 Å². The summed E-state index contributed by atoms with van der Waals surface area (Å²) < 4.78 is 0. The van der Waals surface area contributed by atoms with E-state index in [1.165, 1.54) is 16.7 Å². The van der Waals surface area contributed by atoms with E-state index in [0.29, 0.717) is 29.5 Å². The van der Waals surface area contributed by atoms with Crippen molar-refractivity contribution in [3.63, 3.8) is 0 Å². The number of nitrogens with zero attached hydrogens (tertiary/aromatic N) is 4. The molecule has 9 heteroatoms. The van der Waals surface area contributed by atoms with Crippen LogP contribution in [0.15, 0.2) is 42.6 Å². The first-order valence-corrected chi connectivity index (χ1v) is 13.9. The van der Waals surface area contributed by atoms with Gasteiger partial charge in [0.1, 0.15) is 11.0 Å². The lowest BCUT2D eigenvalue weighted by Gasteiger charge is -2.25. The van der Waals surface area contributed by atoms with Crippen molar-refractivity contribution in [3.05, 3.63) is 70.5 Å². The molecular weight excluding hydrogens is 488 g/mol. The summed E-state index contributed by atoms with van der Waals surface area (Å²) in [5, 5.41) is 20.9. The van der Waals surface area contributed by atoms with E-state index < -0.39 is 0 Å². The number of benzene rings is 2. The van der Waals surface area contributed by atoms with E-state index in [9.17, 15) is 4.79 Å². The minimum atomic E-state index is -0.0970. The molecule has 0 aliphatic carbocycles. The summed E-state index contributed by atoms with van der Waals surface area (Å²) in [6.45, 7) is 12.2. The molecule has 0 bridgehead atoms. The molecule has 4 aromatic rings. The SMILES string of the molecule is CCc1cnc(Nc2cc(C)cc(C)c2)nc1CCNC(CCNC(=O)c1ccc2n[nH]nc2c1)C(C)CC. The number of rotatable bonds is 13. The van der Waals surface area contributed by atoms with Crippen molar-refractivity contribution < 1.29 is 4.79 Å². The summed E-state index contributed by atoms with van der Waals surface area (Å²) in [6, 6.07) is 12.0. The lowest BCUT2D eigenvalue weighted by molar-refractivity contribution is 0.0951. The van der Waals surface area contributed by atoms with Gasteiger partial charge in [-0.15, -0.1) is 0 Å². The average molecular weight is 529 g/mol. The third kappa shape index (κ3) is 7.60. The Balaban J connectivity index is 1.33. The van der Waals surface area contributed by atoms with E-state index in [0.717, 1.165) is 49.1 Å². The highest BCUT2D eigenvalue weighted by molar-refractivity contribution is 5.97. The predicted molar refractivity (Wildman–Crippen MR) is 156 cm³/mol. The molecule has 9 nitrogen and oxygen atoms in total. The fourth-order valence-corrected chi connectivity index (χ4v) is 4.86. The number of hydrogen-bond acceptors (Lipinski definition) is 7. The zero-order valence-corrected chi connectivity index (χ0v) is 23.6. The molecule has 0 saturated carbocycles. The quantitative estimate of drug-likeness (QED) is 0.192. The summed E-state index contributed by atoms with van der Waals surface area (Å²) in [5.74, 6) is 1.00. The van der Waals surface area contributed by atoms with E-state index in [2.05, 4.69) is 89.2 Å². The number of amides is 1. The fourth-order valence-electron chi connectivity index (χ4n) is 4.86. The molecule has 2 aromatic heterocycles. The number of aromatic amines is 1. The second-order valence-corrected chi connectivity index (χ2v) is 10.3. The Bertz CT molecular complexity index is 1380. The number of aryl methyl sites for hydroxylation is 3. The standard InChI is InChI=1S/C30H40N8O/c1-6-21(5)25(10-13-32-29(39)23-8-9-27-28(17-23)37-38-36-27)31-12-11-26-22(7-2)18-33-30(35-26)34-24-15-19(3)14-20(4)16-24/h8-9,14-18,21,25,31H,6-7,10-13H2,1-5H3,(H,32,39)(H,33,34,35)(H,36,37,38). The average Bonchev–Trinajstić information content (AvgIpc) is 3.39. The van der Waals surface area contributed by atoms with Crippen molar-refractivity contribution in [2.75, 3.05) is 18.4 Å². The number of carbonyl (C=O) groups excluding carboxylic acids is 1. The first kappa shape index (κ1) is 28.2. The van der Waals surface area contributed by atoms with Crippen molar-refractivity contribution in [1.29, 1.82) is 0 Å². The molecule has 0 aliphatic heterocycles. The van der Waals surface area contributed by atoms with Crippen LogP contribution in [-0.2, 0) is 12.8 Å². The molecule has 0 aliphatic rings. The maximum absolute atomic E-state index is 12.7. The van der Waals surface area contributed by atoms with Crippen LogP contribution < -0.4 is 16.0 Å². The number of anilines is 2. The van der Waals surface area contributed by atoms with Crippen molar-refractivity contribution in [2.24, 2.45) is 5.92 Å². The normalized spacial score (nSPS) is 12.8. The van der Waals surface area contributed by atoms with Gasteiger partial charge in [-0.05, 0) is 79.6 Å². The van der Waals surface area contributed by atoms with E-state index in [1.54, 1.807) is 18.2 Å². The highest BCUT2D eigenvalue weighted by Gasteiger charge is 2.17. The Morgan fingerprint density at radius 2 is 1.77 bits per heavy atom. The van der Waals surface area contributed by atoms with Gasteiger partial charge in [-0.1, -0.05) is 33.3 Å². The molecule has 2 aromatic carbocycles. The lowest BCUT2D eigenvalue weighted by Crippen LogP contribution is -2.39. The minimum Gasteiger partial charge on any atom is -0.352 e. The third-order valence-corrected chi connectivity index (χ3v) is 7.23. The molecule has 0 fully saturated rings. The Morgan fingerprint density at radius 1 is 1.00 bits per heavy atom. The van der Waals surface area contributed by atoms with Gasteiger partial charge in [0.05, 0.1) is 5.69 Å². The number of H-pyrrole nitrogens is 1. The molecule has 0 spiro atoms. The number of fused-ring (bicyclic) bond motifs is 1. The van der Waals surface area contributed by atoms with Gasteiger partial charge in [0.25, 0.3) is 5.91 Å². The zero-order valence-electron chi connectivity index (χ0n) is 23.6. The summed E-state index contributed by atoms with van der Waals surface area (Å²) in [7, 11) is 0. The van der Waals surface area contributed by atoms with Gasteiger partial charge < -0.3 is 16.0 Å². The Hall–Kier alpha value is -3.85. The second kappa shape index (κ2) is 13.3. The monoisotopic (exact) mass is 528 g/mol. The van der Waals surface area contributed by atoms with Crippen LogP contribution in [0.5, 0.6) is 0 Å². The molecule has 4 N–H and O–H groups in total. The minimum absolute atomic E-state index is 0.0970. The smallest absolute Gasteiger partial charge is 0.251 e. The van der Waals surface area contributed by atoms with E-state index in [-0.39, 0.29) is 11.9 Å². The third-order valence-electron chi connectivity index (χ3n) is 7.23. The molecule has 2 unspecified atom stereocenters. The predicted octanol–water partition coefficient (Wildman–Crippen LogP) is 5.04. The molecule has 0 radical (unpaired) electrons. The number of carbonyl (C=O) groups is 1. The molecule has 206 valence electrons. The van der Waals surface area contributed by atoms with Crippen LogP contribution in [0.1, 0.15) is 66.4 Å². The highest BCUT2D eigenvalue weighted by atomic mass is 16.1. The summed E-state index contributed by atoms with van der Waals surface area (Å²) in [6.07, 6.45) is 5.54. The summed E-state index contributed by atoms with van der Waals surface area (Å²) in [5.41, 5.74) is 7.66. The van der Waals surface area contributed by atoms with Gasteiger partial charge in [0.2, 0.25) is 5.95 Å². The number of hydrogen-bond donors (Lipinski definition) is 4. The van der Waals surface area contributed by atoms with Crippen LogP contribution in [0.25, 0.3) is 11.0 Å². The van der Waals surface area contributed by atoms with Gasteiger partial charge in [-0.25, -0.2) is 9.97 Å². The van der Waals surface area contributed by atoms with Gasteiger partial charge in [-0.2, -0.15) is 15.4 Å². The largest absolute Gasteiger partial charge is 0.352 e. The molecule has 0 saturated heterocycles. The highest BCUT2D eigenvalue weighted by Crippen LogP contribution is 2.19. The van der Waals surface area contributed by atoms with Crippen molar-refractivity contribution in [2.45, 2.75) is 66.3 Å². The Labute approximate surface area is 230 Å². The maximum atomic E-state index is 12.7. The van der Waals surface area contributed by atoms with Crippen LogP contribution >= 0.6 is 0 Å². The Morgan fingerprint density at radius 3 is 2.51 bits per heavy atom. The zero-order chi connectivity index (χ0) is 27.8. The van der Waals surface area contributed by atoms with Gasteiger partial charge in [-0.3, -0.25) is 4.79 Å². The first-order valence-electron chi connectivity index (χ1n) is 13.9. The van der Waals surface area contributed by atoms with Crippen LogP contribution in [0.2, 0.25) is 0 Å². The van der Waals surface area contributed by atoms with Crippen LogP contribution in [0.4, 0.5) is 11.6 Å². The fraction of sp³-hybridized carbons (Fsp3) is 0.433. The molecule has 2 atom stereocenters. The molecule has 2 heterocycles. The van der Waals surface area contributed by atoms with Crippen LogP contribution in [-0.4, -0.2) is 50.4 Å². The van der Waals surface area contributed by atoms with E-state index in [4.69, 9.17) is 4.98 Å².